The van der Waals surface area contributed by atoms with E-state index in [1.807, 2.05) is 0 Å². The van der Waals surface area contributed by atoms with E-state index in [4.69, 9.17) is 0 Å². The summed E-state index contributed by atoms with van der Waals surface area (Å²) >= 11 is 0. The van der Waals surface area contributed by atoms with Gasteiger partial charge in [-0.3, -0.25) is 0 Å². The van der Waals surface area contributed by atoms with Gasteiger partial charge in [-0.15, -0.1) is 0 Å². The SMILES string of the molecule is CC[B]CN(C(C)C)C(C)C. The van der Waals surface area contributed by atoms with Crippen molar-refractivity contribution < 1.29 is 0 Å². The minimum Gasteiger partial charge on any atom is -0.306 e. The first kappa shape index (κ1) is 11.0. The third-order valence-corrected chi connectivity index (χ3v) is 1.96. The molecule has 0 atom stereocenters. The Morgan fingerprint density at radius 1 is 1.09 bits per heavy atom. The molecule has 0 aromatic carbocycles. The Kier molecular flexibility index (Phi) is 5.66. The van der Waals surface area contributed by atoms with Crippen molar-refractivity contribution in [1.29, 1.82) is 0 Å². The first-order chi connectivity index (χ1) is 5.09. The summed E-state index contributed by atoms with van der Waals surface area (Å²) < 4.78 is 0. The Labute approximate surface area is 72.4 Å². The van der Waals surface area contributed by atoms with E-state index in [0.29, 0.717) is 12.1 Å². The Balaban J connectivity index is 3.70. The monoisotopic (exact) mass is 154 g/mol. The molecule has 0 aromatic rings. The van der Waals surface area contributed by atoms with Crippen molar-refractivity contribution >= 4 is 7.28 Å². The maximum atomic E-state index is 2.49. The van der Waals surface area contributed by atoms with Crippen LogP contribution < -0.4 is 0 Å². The Bertz CT molecular complexity index is 83.6. The third kappa shape index (κ3) is 4.46. The standard InChI is InChI=1S/C9H21BN/c1-6-10-7-11(8(2)3)9(4)5/h8-9H,6-7H2,1-5H3. The number of nitrogens with zero attached hydrogens (tertiary/aromatic N) is 1. The topological polar surface area (TPSA) is 3.24 Å². The van der Waals surface area contributed by atoms with Crippen molar-refractivity contribution in [3.63, 3.8) is 0 Å². The Hall–Kier alpha value is 0.0249. The van der Waals surface area contributed by atoms with Crippen LogP contribution in [0.25, 0.3) is 0 Å². The molecule has 0 N–H and O–H groups in total. The van der Waals surface area contributed by atoms with E-state index in [1.165, 1.54) is 6.32 Å². The zero-order chi connectivity index (χ0) is 8.85. The second-order valence-electron chi connectivity index (χ2n) is 3.58. The Morgan fingerprint density at radius 2 is 1.55 bits per heavy atom. The highest BCUT2D eigenvalue weighted by molar-refractivity contribution is 6.35. The van der Waals surface area contributed by atoms with E-state index in [2.05, 4.69) is 46.8 Å². The van der Waals surface area contributed by atoms with Gasteiger partial charge in [0.25, 0.3) is 0 Å². The van der Waals surface area contributed by atoms with Crippen molar-refractivity contribution in [2.75, 3.05) is 6.44 Å². The van der Waals surface area contributed by atoms with E-state index in [9.17, 15) is 0 Å². The lowest BCUT2D eigenvalue weighted by Gasteiger charge is -2.30. The third-order valence-electron chi connectivity index (χ3n) is 1.96. The first-order valence-corrected chi connectivity index (χ1v) is 4.67. The average Bonchev–Trinajstić information content (AvgIpc) is 1.87. The van der Waals surface area contributed by atoms with Crippen LogP contribution >= 0.6 is 0 Å². The van der Waals surface area contributed by atoms with Gasteiger partial charge < -0.3 is 4.90 Å². The molecular weight excluding hydrogens is 133 g/mol. The van der Waals surface area contributed by atoms with Crippen LogP contribution in [0.4, 0.5) is 0 Å². The summed E-state index contributed by atoms with van der Waals surface area (Å²) in [6.07, 6.45) is 2.31. The fraction of sp³-hybridized carbons (Fsp3) is 1.00. The highest BCUT2D eigenvalue weighted by atomic mass is 15.2. The van der Waals surface area contributed by atoms with Crippen LogP contribution in [0.15, 0.2) is 0 Å². The summed E-state index contributed by atoms with van der Waals surface area (Å²) in [6.45, 7) is 11.2. The fourth-order valence-electron chi connectivity index (χ4n) is 1.30. The highest BCUT2D eigenvalue weighted by Crippen LogP contribution is 2.03. The molecule has 0 rings (SSSR count). The molecule has 0 aliphatic heterocycles. The zero-order valence-corrected chi connectivity index (χ0v) is 8.59. The fourth-order valence-corrected chi connectivity index (χ4v) is 1.30. The zero-order valence-electron chi connectivity index (χ0n) is 8.59. The van der Waals surface area contributed by atoms with Gasteiger partial charge in [-0.1, -0.05) is 13.2 Å². The summed E-state index contributed by atoms with van der Waals surface area (Å²) in [7, 11) is 2.33. The maximum absolute atomic E-state index is 2.49. The van der Waals surface area contributed by atoms with Gasteiger partial charge >= 0.3 is 0 Å². The quantitative estimate of drug-likeness (QED) is 0.548. The largest absolute Gasteiger partial charge is 0.306 e. The molecule has 65 valence electrons. The average molecular weight is 154 g/mol. The van der Waals surface area contributed by atoms with E-state index in [0.717, 1.165) is 6.44 Å². The second-order valence-corrected chi connectivity index (χ2v) is 3.58. The van der Waals surface area contributed by atoms with Crippen LogP contribution in [-0.4, -0.2) is 30.7 Å². The number of hydrogen-bond donors (Lipinski definition) is 0. The van der Waals surface area contributed by atoms with E-state index in [-0.39, 0.29) is 0 Å². The summed E-state index contributed by atoms with van der Waals surface area (Å²) in [4.78, 5) is 2.49. The van der Waals surface area contributed by atoms with Crippen molar-refractivity contribution in [2.24, 2.45) is 0 Å². The summed E-state index contributed by atoms with van der Waals surface area (Å²) in [5.41, 5.74) is 0. The van der Waals surface area contributed by atoms with Gasteiger partial charge in [0.2, 0.25) is 0 Å². The van der Waals surface area contributed by atoms with Crippen LogP contribution in [0.1, 0.15) is 34.6 Å². The van der Waals surface area contributed by atoms with Gasteiger partial charge in [0.1, 0.15) is 7.28 Å². The molecule has 0 heterocycles. The van der Waals surface area contributed by atoms with Crippen molar-refractivity contribution in [1.82, 2.24) is 4.90 Å². The smallest absolute Gasteiger partial charge is 0.128 e. The van der Waals surface area contributed by atoms with Crippen molar-refractivity contribution in [3.8, 4) is 0 Å². The normalized spacial score (nSPS) is 11.6. The van der Waals surface area contributed by atoms with Gasteiger partial charge in [-0.25, -0.2) is 0 Å². The van der Waals surface area contributed by atoms with E-state index < -0.39 is 0 Å². The molecule has 0 saturated carbocycles. The van der Waals surface area contributed by atoms with Crippen LogP contribution in [-0.2, 0) is 0 Å². The number of rotatable bonds is 5. The van der Waals surface area contributed by atoms with Crippen LogP contribution in [0.2, 0.25) is 6.32 Å². The maximum Gasteiger partial charge on any atom is 0.128 e. The molecule has 2 heteroatoms. The summed E-state index contributed by atoms with van der Waals surface area (Å²) in [6, 6.07) is 1.33. The lowest BCUT2D eigenvalue weighted by Crippen LogP contribution is -2.39. The van der Waals surface area contributed by atoms with E-state index in [1.54, 1.807) is 0 Å². The molecule has 0 unspecified atom stereocenters. The minimum atomic E-state index is 0.665. The lowest BCUT2D eigenvalue weighted by atomic mass is 9.74. The van der Waals surface area contributed by atoms with Gasteiger partial charge in [0, 0.05) is 12.1 Å². The summed E-state index contributed by atoms with van der Waals surface area (Å²) in [5.74, 6) is 0. The molecular formula is C9H21BN. The van der Waals surface area contributed by atoms with Gasteiger partial charge in [0.05, 0.1) is 0 Å². The van der Waals surface area contributed by atoms with Crippen molar-refractivity contribution in [3.05, 3.63) is 0 Å². The predicted molar refractivity (Wildman–Crippen MR) is 53.2 cm³/mol. The molecule has 1 radical (unpaired) electrons. The molecule has 0 aliphatic carbocycles. The predicted octanol–water partition coefficient (Wildman–Crippen LogP) is 2.21. The lowest BCUT2D eigenvalue weighted by molar-refractivity contribution is 0.206. The van der Waals surface area contributed by atoms with Gasteiger partial charge in [-0.05, 0) is 34.1 Å². The molecule has 1 nitrogen and oxygen atoms in total. The van der Waals surface area contributed by atoms with Crippen molar-refractivity contribution in [2.45, 2.75) is 53.0 Å². The Morgan fingerprint density at radius 3 is 1.82 bits per heavy atom. The molecule has 0 aliphatic rings. The molecule has 0 amide bonds. The van der Waals surface area contributed by atoms with E-state index >= 15 is 0 Å². The molecule has 0 aromatic heterocycles. The number of hydrogen-bond acceptors (Lipinski definition) is 1. The van der Waals surface area contributed by atoms with Crippen LogP contribution in [0.5, 0.6) is 0 Å². The first-order valence-electron chi connectivity index (χ1n) is 4.67. The molecule has 0 fully saturated rings. The van der Waals surface area contributed by atoms with Crippen LogP contribution in [0.3, 0.4) is 0 Å². The summed E-state index contributed by atoms with van der Waals surface area (Å²) in [5, 5.41) is 0. The van der Waals surface area contributed by atoms with Gasteiger partial charge in [0.15, 0.2) is 0 Å². The molecule has 0 saturated heterocycles. The van der Waals surface area contributed by atoms with Crippen LogP contribution in [0, 0.1) is 0 Å². The minimum absolute atomic E-state index is 0.665. The second kappa shape index (κ2) is 5.65. The molecule has 0 spiro atoms. The molecule has 0 bridgehead atoms. The van der Waals surface area contributed by atoms with Gasteiger partial charge in [-0.2, -0.15) is 0 Å². The molecule has 11 heavy (non-hydrogen) atoms. The highest BCUT2D eigenvalue weighted by Gasteiger charge is 2.11.